The number of aromatic nitrogens is 4. The van der Waals surface area contributed by atoms with Gasteiger partial charge in [0, 0.05) is 17.8 Å². The van der Waals surface area contributed by atoms with Crippen molar-refractivity contribution in [3.63, 3.8) is 0 Å². The number of benzene rings is 1. The Morgan fingerprint density at radius 2 is 2.00 bits per heavy atom. The molecular weight excluding hydrogens is 272 g/mol. The Kier molecular flexibility index (Phi) is 3.07. The molecule has 3 rings (SSSR count). The molecule has 0 radical (unpaired) electrons. The SMILES string of the molecule is O=C(O)c1cn(-c2nc(-c3ccccc3)cc(=O)[nH]2)cn1. The van der Waals surface area contributed by atoms with Crippen molar-refractivity contribution < 1.29 is 9.90 Å². The molecule has 2 N–H and O–H groups in total. The fourth-order valence-corrected chi connectivity index (χ4v) is 1.87. The summed E-state index contributed by atoms with van der Waals surface area (Å²) in [7, 11) is 0. The maximum absolute atomic E-state index is 11.8. The molecule has 104 valence electrons. The van der Waals surface area contributed by atoms with Gasteiger partial charge in [0.1, 0.15) is 6.33 Å². The minimum absolute atomic E-state index is 0.122. The van der Waals surface area contributed by atoms with Crippen molar-refractivity contribution >= 4 is 5.97 Å². The Labute approximate surface area is 118 Å². The van der Waals surface area contributed by atoms with E-state index >= 15 is 0 Å². The molecule has 21 heavy (non-hydrogen) atoms. The molecule has 0 unspecified atom stereocenters. The van der Waals surface area contributed by atoms with Crippen LogP contribution in [0.1, 0.15) is 10.5 Å². The van der Waals surface area contributed by atoms with E-state index < -0.39 is 5.97 Å². The zero-order valence-electron chi connectivity index (χ0n) is 10.7. The maximum Gasteiger partial charge on any atom is 0.356 e. The van der Waals surface area contributed by atoms with Gasteiger partial charge in [-0.05, 0) is 0 Å². The summed E-state index contributed by atoms with van der Waals surface area (Å²) in [5, 5.41) is 8.86. The lowest BCUT2D eigenvalue weighted by Crippen LogP contribution is -2.12. The number of aromatic carboxylic acids is 1. The predicted octanol–water partition coefficient (Wildman–Crippen LogP) is 1.32. The molecule has 0 saturated carbocycles. The van der Waals surface area contributed by atoms with Crippen molar-refractivity contribution in [3.8, 4) is 17.2 Å². The third-order valence-corrected chi connectivity index (χ3v) is 2.85. The average molecular weight is 282 g/mol. The van der Waals surface area contributed by atoms with Crippen LogP contribution in [0.25, 0.3) is 17.2 Å². The minimum Gasteiger partial charge on any atom is -0.476 e. The summed E-state index contributed by atoms with van der Waals surface area (Å²) >= 11 is 0. The standard InChI is InChI=1S/C14H10N4O3/c19-12-6-10(9-4-2-1-3-5-9)16-14(17-12)18-7-11(13(20)21)15-8-18/h1-8H,(H,20,21)(H,16,17,19). The van der Waals surface area contributed by atoms with Crippen molar-refractivity contribution in [2.45, 2.75) is 0 Å². The number of hydrogen-bond acceptors (Lipinski definition) is 4. The van der Waals surface area contributed by atoms with E-state index in [9.17, 15) is 9.59 Å². The monoisotopic (exact) mass is 282 g/mol. The second kappa shape index (κ2) is 5.04. The van der Waals surface area contributed by atoms with Gasteiger partial charge in [-0.2, -0.15) is 0 Å². The third kappa shape index (κ3) is 2.57. The quantitative estimate of drug-likeness (QED) is 0.754. The molecule has 0 spiro atoms. The van der Waals surface area contributed by atoms with Crippen LogP contribution in [-0.4, -0.2) is 30.6 Å². The highest BCUT2D eigenvalue weighted by Crippen LogP contribution is 2.15. The third-order valence-electron chi connectivity index (χ3n) is 2.85. The molecule has 0 aliphatic rings. The van der Waals surface area contributed by atoms with E-state index in [1.165, 1.54) is 23.2 Å². The largest absolute Gasteiger partial charge is 0.476 e. The van der Waals surface area contributed by atoms with Gasteiger partial charge in [-0.1, -0.05) is 30.3 Å². The second-order valence-electron chi connectivity index (χ2n) is 4.29. The molecule has 1 aromatic carbocycles. The lowest BCUT2D eigenvalue weighted by atomic mass is 10.1. The Morgan fingerprint density at radius 1 is 1.24 bits per heavy atom. The fraction of sp³-hybridized carbons (Fsp3) is 0. The molecular formula is C14H10N4O3. The van der Waals surface area contributed by atoms with Crippen molar-refractivity contribution in [3.05, 3.63) is 65.0 Å². The van der Waals surface area contributed by atoms with Crippen molar-refractivity contribution in [1.29, 1.82) is 0 Å². The molecule has 7 nitrogen and oxygen atoms in total. The molecule has 7 heteroatoms. The molecule has 2 heterocycles. The molecule has 0 aliphatic carbocycles. The van der Waals surface area contributed by atoms with Crippen LogP contribution < -0.4 is 5.56 Å². The Bertz CT molecular complexity index is 852. The van der Waals surface area contributed by atoms with Crippen LogP contribution in [0.2, 0.25) is 0 Å². The summed E-state index contributed by atoms with van der Waals surface area (Å²) in [6.07, 6.45) is 2.58. The number of rotatable bonds is 3. The first kappa shape index (κ1) is 12.8. The van der Waals surface area contributed by atoms with Crippen molar-refractivity contribution in [2.75, 3.05) is 0 Å². The van der Waals surface area contributed by atoms with Gasteiger partial charge in [0.25, 0.3) is 5.56 Å². The zero-order valence-corrected chi connectivity index (χ0v) is 10.7. The molecule has 0 saturated heterocycles. The number of carboxylic acid groups (broad SMARTS) is 1. The van der Waals surface area contributed by atoms with Crippen LogP contribution in [-0.2, 0) is 0 Å². The van der Waals surface area contributed by atoms with E-state index in [1.807, 2.05) is 30.3 Å². The van der Waals surface area contributed by atoms with Crippen molar-refractivity contribution in [1.82, 2.24) is 19.5 Å². The van der Waals surface area contributed by atoms with Crippen LogP contribution in [0.15, 0.2) is 53.7 Å². The van der Waals surface area contributed by atoms with Crippen LogP contribution in [0.3, 0.4) is 0 Å². The highest BCUT2D eigenvalue weighted by molar-refractivity contribution is 5.85. The van der Waals surface area contributed by atoms with Crippen LogP contribution >= 0.6 is 0 Å². The van der Waals surface area contributed by atoms with E-state index in [0.29, 0.717) is 5.69 Å². The number of aromatic amines is 1. The number of imidazole rings is 1. The van der Waals surface area contributed by atoms with Gasteiger partial charge in [0.05, 0.1) is 5.69 Å². The summed E-state index contributed by atoms with van der Waals surface area (Å²) < 4.78 is 1.36. The van der Waals surface area contributed by atoms with Gasteiger partial charge in [-0.25, -0.2) is 14.8 Å². The Balaban J connectivity index is 2.09. The second-order valence-corrected chi connectivity index (χ2v) is 4.29. The summed E-state index contributed by atoms with van der Waals surface area (Å²) in [5.41, 5.74) is 0.843. The number of nitrogens with one attached hydrogen (secondary N) is 1. The highest BCUT2D eigenvalue weighted by Gasteiger charge is 2.10. The van der Waals surface area contributed by atoms with Crippen LogP contribution in [0.4, 0.5) is 0 Å². The van der Waals surface area contributed by atoms with Gasteiger partial charge < -0.3 is 5.11 Å². The Morgan fingerprint density at radius 3 is 2.67 bits per heavy atom. The van der Waals surface area contributed by atoms with Gasteiger partial charge in [-0.3, -0.25) is 14.3 Å². The van der Waals surface area contributed by atoms with E-state index in [1.54, 1.807) is 0 Å². The van der Waals surface area contributed by atoms with Gasteiger partial charge in [0.15, 0.2) is 5.69 Å². The van der Waals surface area contributed by atoms with Gasteiger partial charge in [0.2, 0.25) is 5.95 Å². The molecule has 0 fully saturated rings. The number of hydrogen-bond donors (Lipinski definition) is 2. The van der Waals surface area contributed by atoms with E-state index in [-0.39, 0.29) is 17.2 Å². The van der Waals surface area contributed by atoms with Gasteiger partial charge >= 0.3 is 5.97 Å². The van der Waals surface area contributed by atoms with E-state index in [2.05, 4.69) is 15.0 Å². The Hall–Kier alpha value is -3.22. The molecule has 0 amide bonds. The summed E-state index contributed by atoms with van der Waals surface area (Å²) in [6.45, 7) is 0. The van der Waals surface area contributed by atoms with E-state index in [0.717, 1.165) is 5.56 Å². The summed E-state index contributed by atoms with van der Waals surface area (Å²) in [4.78, 5) is 33.2. The molecule has 3 aromatic rings. The van der Waals surface area contributed by atoms with Crippen LogP contribution in [0.5, 0.6) is 0 Å². The first-order chi connectivity index (χ1) is 10.1. The highest BCUT2D eigenvalue weighted by atomic mass is 16.4. The molecule has 2 aromatic heterocycles. The van der Waals surface area contributed by atoms with Crippen LogP contribution in [0, 0.1) is 0 Å². The predicted molar refractivity (Wildman–Crippen MR) is 74.4 cm³/mol. The average Bonchev–Trinajstić information content (AvgIpc) is 2.98. The topological polar surface area (TPSA) is 101 Å². The number of carbonyl (C=O) groups is 1. The van der Waals surface area contributed by atoms with E-state index in [4.69, 9.17) is 5.11 Å². The molecule has 0 atom stereocenters. The molecule has 0 bridgehead atoms. The summed E-state index contributed by atoms with van der Waals surface area (Å²) in [5.74, 6) is -0.934. The molecule has 0 aliphatic heterocycles. The maximum atomic E-state index is 11.8. The fourth-order valence-electron chi connectivity index (χ4n) is 1.87. The lowest BCUT2D eigenvalue weighted by Gasteiger charge is -2.04. The lowest BCUT2D eigenvalue weighted by molar-refractivity contribution is 0.0691. The van der Waals surface area contributed by atoms with Crippen molar-refractivity contribution in [2.24, 2.45) is 0 Å². The smallest absolute Gasteiger partial charge is 0.356 e. The number of nitrogens with zero attached hydrogens (tertiary/aromatic N) is 3. The summed E-state index contributed by atoms with van der Waals surface area (Å²) in [6, 6.07) is 10.6. The number of carboxylic acids is 1. The first-order valence-electron chi connectivity index (χ1n) is 6.08. The normalized spacial score (nSPS) is 10.5. The zero-order chi connectivity index (χ0) is 14.8. The first-order valence-corrected chi connectivity index (χ1v) is 6.08. The number of H-pyrrole nitrogens is 1. The minimum atomic E-state index is -1.14. The van der Waals surface area contributed by atoms with Gasteiger partial charge in [-0.15, -0.1) is 0 Å².